The van der Waals surface area contributed by atoms with Crippen molar-refractivity contribution in [3.05, 3.63) is 16.1 Å². The van der Waals surface area contributed by atoms with Gasteiger partial charge in [0.1, 0.15) is 0 Å². The summed E-state index contributed by atoms with van der Waals surface area (Å²) in [4.78, 5) is 29.6. The quantitative estimate of drug-likeness (QED) is 0.819. The second-order valence-corrected chi connectivity index (χ2v) is 5.89. The Balaban J connectivity index is 1.60. The van der Waals surface area contributed by atoms with Gasteiger partial charge in [0.2, 0.25) is 11.8 Å². The molecule has 1 aromatic heterocycles. The molecule has 1 saturated heterocycles. The van der Waals surface area contributed by atoms with Crippen LogP contribution in [0.3, 0.4) is 0 Å². The lowest BCUT2D eigenvalue weighted by Gasteiger charge is -2.13. The molecular weight excluding hydrogens is 250 g/mol. The molecule has 18 heavy (non-hydrogen) atoms. The lowest BCUT2D eigenvalue weighted by atomic mass is 10.2. The Morgan fingerprint density at radius 3 is 2.89 bits per heavy atom. The van der Waals surface area contributed by atoms with E-state index in [2.05, 4.69) is 10.3 Å². The first kappa shape index (κ1) is 11.8. The molecular formula is C12H15N3O2S. The van der Waals surface area contributed by atoms with Crippen molar-refractivity contribution in [1.29, 1.82) is 0 Å². The summed E-state index contributed by atoms with van der Waals surface area (Å²) >= 11 is 1.59. The van der Waals surface area contributed by atoms with Crippen LogP contribution in [0.25, 0.3) is 0 Å². The maximum Gasteiger partial charge on any atom is 0.247 e. The number of imide groups is 1. The lowest BCUT2D eigenvalue weighted by molar-refractivity contribution is -0.139. The largest absolute Gasteiger partial charge is 0.300 e. The van der Waals surface area contributed by atoms with Crippen molar-refractivity contribution in [1.82, 2.24) is 15.2 Å². The molecule has 3 rings (SSSR count). The van der Waals surface area contributed by atoms with Crippen LogP contribution in [0.5, 0.6) is 0 Å². The number of thiazole rings is 1. The van der Waals surface area contributed by atoms with Crippen LogP contribution in [0, 0.1) is 6.92 Å². The van der Waals surface area contributed by atoms with Crippen LogP contribution in [0.1, 0.15) is 30.0 Å². The van der Waals surface area contributed by atoms with Crippen molar-refractivity contribution in [2.24, 2.45) is 0 Å². The monoisotopic (exact) mass is 265 g/mol. The van der Waals surface area contributed by atoms with Gasteiger partial charge >= 0.3 is 0 Å². The fraction of sp³-hybridized carbons (Fsp3) is 0.583. The zero-order valence-corrected chi connectivity index (χ0v) is 11.0. The average Bonchev–Trinajstić information content (AvgIpc) is 3.00. The molecule has 0 radical (unpaired) electrons. The molecule has 1 unspecified atom stereocenters. The van der Waals surface area contributed by atoms with Gasteiger partial charge in [-0.25, -0.2) is 4.98 Å². The number of aromatic nitrogens is 1. The molecule has 1 aliphatic carbocycles. The second-order valence-electron chi connectivity index (χ2n) is 4.83. The molecule has 6 heteroatoms. The third-order valence-electron chi connectivity index (χ3n) is 3.29. The molecule has 2 fully saturated rings. The molecule has 1 aromatic rings. The van der Waals surface area contributed by atoms with Gasteiger partial charge in [-0.2, -0.15) is 0 Å². The van der Waals surface area contributed by atoms with E-state index in [9.17, 15) is 9.59 Å². The van der Waals surface area contributed by atoms with Gasteiger partial charge in [0.25, 0.3) is 0 Å². The fourth-order valence-electron chi connectivity index (χ4n) is 2.24. The van der Waals surface area contributed by atoms with E-state index in [1.54, 1.807) is 11.3 Å². The van der Waals surface area contributed by atoms with Gasteiger partial charge in [-0.1, -0.05) is 0 Å². The summed E-state index contributed by atoms with van der Waals surface area (Å²) in [6, 6.07) is -0.182. The van der Waals surface area contributed by atoms with E-state index < -0.39 is 0 Å². The van der Waals surface area contributed by atoms with E-state index in [1.165, 1.54) is 4.90 Å². The van der Waals surface area contributed by atoms with Crippen LogP contribution in [0.15, 0.2) is 5.38 Å². The highest BCUT2D eigenvalue weighted by Gasteiger charge is 2.45. The maximum atomic E-state index is 12.0. The van der Waals surface area contributed by atoms with E-state index in [1.807, 2.05) is 12.3 Å². The van der Waals surface area contributed by atoms with E-state index in [4.69, 9.17) is 0 Å². The zero-order valence-electron chi connectivity index (χ0n) is 10.2. The molecule has 5 nitrogen and oxygen atoms in total. The summed E-state index contributed by atoms with van der Waals surface area (Å²) in [6.45, 7) is 2.50. The standard InChI is InChI=1S/C12H15N3O2S/c1-7-14-8(6-18-7)5-13-10-4-11(16)15(12(10)17)9-2-3-9/h6,9-10,13H,2-5H2,1H3. The maximum absolute atomic E-state index is 12.0. The predicted molar refractivity (Wildman–Crippen MR) is 67.0 cm³/mol. The van der Waals surface area contributed by atoms with Crippen molar-refractivity contribution in [3.63, 3.8) is 0 Å². The SMILES string of the molecule is Cc1nc(CNC2CC(=O)N(C3CC3)C2=O)cs1. The molecule has 1 saturated carbocycles. The number of likely N-dealkylation sites (tertiary alicyclic amines) is 1. The Kier molecular flexibility index (Phi) is 2.91. The number of amides is 2. The van der Waals surface area contributed by atoms with Gasteiger partial charge in [-0.15, -0.1) is 11.3 Å². The Morgan fingerprint density at radius 2 is 2.28 bits per heavy atom. The minimum atomic E-state index is -0.361. The van der Waals surface area contributed by atoms with Gasteiger partial charge in [-0.3, -0.25) is 19.8 Å². The topological polar surface area (TPSA) is 62.3 Å². The number of hydrogen-bond acceptors (Lipinski definition) is 5. The first-order valence-electron chi connectivity index (χ1n) is 6.15. The van der Waals surface area contributed by atoms with Crippen molar-refractivity contribution in [2.75, 3.05) is 0 Å². The Hall–Kier alpha value is -1.27. The molecule has 1 N–H and O–H groups in total. The van der Waals surface area contributed by atoms with Gasteiger partial charge in [0.05, 0.1) is 23.2 Å². The summed E-state index contributed by atoms with van der Waals surface area (Å²) in [5.41, 5.74) is 0.933. The van der Waals surface area contributed by atoms with Crippen molar-refractivity contribution in [3.8, 4) is 0 Å². The minimum Gasteiger partial charge on any atom is -0.300 e. The number of carbonyl (C=O) groups is 2. The van der Waals surface area contributed by atoms with E-state index in [-0.39, 0.29) is 23.9 Å². The van der Waals surface area contributed by atoms with Crippen molar-refractivity contribution in [2.45, 2.75) is 44.8 Å². The molecule has 0 spiro atoms. The molecule has 96 valence electrons. The van der Waals surface area contributed by atoms with E-state index >= 15 is 0 Å². The average molecular weight is 265 g/mol. The summed E-state index contributed by atoms with van der Waals surface area (Å²) in [5, 5.41) is 6.12. The lowest BCUT2D eigenvalue weighted by Crippen LogP contribution is -2.39. The molecule has 0 bridgehead atoms. The summed E-state index contributed by atoms with van der Waals surface area (Å²) in [7, 11) is 0. The highest BCUT2D eigenvalue weighted by atomic mass is 32.1. The van der Waals surface area contributed by atoms with Gasteiger partial charge in [0.15, 0.2) is 0 Å². The Bertz CT molecular complexity index is 495. The molecule has 2 aliphatic rings. The zero-order chi connectivity index (χ0) is 12.7. The summed E-state index contributed by atoms with van der Waals surface area (Å²) in [5.74, 6) is -0.0936. The first-order chi connectivity index (χ1) is 8.65. The predicted octanol–water partition coefficient (Wildman–Crippen LogP) is 0.831. The summed E-state index contributed by atoms with van der Waals surface area (Å²) < 4.78 is 0. The first-order valence-corrected chi connectivity index (χ1v) is 7.03. The normalized spacial score (nSPS) is 24.1. The minimum absolute atomic E-state index is 0.0329. The number of nitrogens with one attached hydrogen (secondary N) is 1. The van der Waals surface area contributed by atoms with Crippen molar-refractivity contribution >= 4 is 23.2 Å². The number of carbonyl (C=O) groups excluding carboxylic acids is 2. The van der Waals surface area contributed by atoms with Crippen LogP contribution in [-0.4, -0.2) is 33.8 Å². The second kappa shape index (κ2) is 4.44. The highest BCUT2D eigenvalue weighted by molar-refractivity contribution is 7.09. The number of rotatable bonds is 4. The summed E-state index contributed by atoms with van der Waals surface area (Å²) in [6.07, 6.45) is 2.23. The third kappa shape index (κ3) is 2.18. The number of aryl methyl sites for hydroxylation is 1. The Morgan fingerprint density at radius 1 is 1.50 bits per heavy atom. The van der Waals surface area contributed by atoms with Crippen LogP contribution < -0.4 is 5.32 Å². The van der Waals surface area contributed by atoms with Gasteiger partial charge in [0, 0.05) is 18.0 Å². The third-order valence-corrected chi connectivity index (χ3v) is 4.11. The van der Waals surface area contributed by atoms with Crippen LogP contribution in [0.2, 0.25) is 0 Å². The van der Waals surface area contributed by atoms with Crippen LogP contribution in [0.4, 0.5) is 0 Å². The molecule has 2 heterocycles. The highest BCUT2D eigenvalue weighted by Crippen LogP contribution is 2.31. The van der Waals surface area contributed by atoms with Crippen LogP contribution in [-0.2, 0) is 16.1 Å². The van der Waals surface area contributed by atoms with Gasteiger partial charge in [-0.05, 0) is 19.8 Å². The van der Waals surface area contributed by atoms with E-state index in [0.717, 1.165) is 23.5 Å². The number of nitrogens with zero attached hydrogens (tertiary/aromatic N) is 2. The molecule has 1 aliphatic heterocycles. The Labute approximate surface area is 109 Å². The molecule has 1 atom stereocenters. The molecule has 0 aromatic carbocycles. The van der Waals surface area contributed by atoms with Crippen LogP contribution >= 0.6 is 11.3 Å². The number of hydrogen-bond donors (Lipinski definition) is 1. The van der Waals surface area contributed by atoms with Crippen molar-refractivity contribution < 1.29 is 9.59 Å². The fourth-order valence-corrected chi connectivity index (χ4v) is 2.86. The van der Waals surface area contributed by atoms with E-state index in [0.29, 0.717) is 13.0 Å². The smallest absolute Gasteiger partial charge is 0.247 e. The molecule has 2 amide bonds. The van der Waals surface area contributed by atoms with Gasteiger partial charge < -0.3 is 0 Å².